The number of hydrogen-bond acceptors (Lipinski definition) is 2. The van der Waals surface area contributed by atoms with E-state index >= 15 is 0 Å². The fraction of sp³-hybridized carbons (Fsp3) is 0.462. The first kappa shape index (κ1) is 12.6. The number of ether oxygens (including phenoxy) is 1. The SMILES string of the molecule is CCC(CC)(Oc1cccc(C)c1)C(=O)O. The highest BCUT2D eigenvalue weighted by molar-refractivity contribution is 5.77. The van der Waals surface area contributed by atoms with Crippen molar-refractivity contribution in [3.8, 4) is 5.75 Å². The molecule has 0 heterocycles. The molecule has 1 N–H and O–H groups in total. The standard InChI is InChI=1S/C13H18O3/c1-4-13(5-2,12(14)15)16-11-8-6-7-10(3)9-11/h6-9H,4-5H2,1-3H3,(H,14,15). The summed E-state index contributed by atoms with van der Waals surface area (Å²) in [5, 5.41) is 9.23. The van der Waals surface area contributed by atoms with Gasteiger partial charge in [-0.1, -0.05) is 26.0 Å². The Morgan fingerprint density at radius 3 is 2.44 bits per heavy atom. The normalized spacial score (nSPS) is 11.2. The number of rotatable bonds is 5. The number of aliphatic carboxylic acids is 1. The maximum Gasteiger partial charge on any atom is 0.348 e. The molecule has 0 aliphatic heterocycles. The zero-order valence-electron chi connectivity index (χ0n) is 9.99. The molecule has 1 rings (SSSR count). The van der Waals surface area contributed by atoms with E-state index in [2.05, 4.69) is 0 Å². The quantitative estimate of drug-likeness (QED) is 0.833. The van der Waals surface area contributed by atoms with Crippen LogP contribution in [0.1, 0.15) is 32.3 Å². The molecule has 88 valence electrons. The van der Waals surface area contributed by atoms with Crippen LogP contribution in [0, 0.1) is 6.92 Å². The molecular formula is C13H18O3. The van der Waals surface area contributed by atoms with Crippen LogP contribution in [0.3, 0.4) is 0 Å². The lowest BCUT2D eigenvalue weighted by Crippen LogP contribution is -2.43. The lowest BCUT2D eigenvalue weighted by atomic mass is 9.97. The van der Waals surface area contributed by atoms with Crippen molar-refractivity contribution >= 4 is 5.97 Å². The minimum atomic E-state index is -1.10. The summed E-state index contributed by atoms with van der Waals surface area (Å²) < 4.78 is 5.64. The highest BCUT2D eigenvalue weighted by atomic mass is 16.5. The fourth-order valence-corrected chi connectivity index (χ4v) is 1.64. The lowest BCUT2D eigenvalue weighted by molar-refractivity contribution is -0.156. The van der Waals surface area contributed by atoms with E-state index in [1.54, 1.807) is 6.07 Å². The third kappa shape index (κ3) is 2.54. The Balaban J connectivity index is 2.96. The monoisotopic (exact) mass is 222 g/mol. The van der Waals surface area contributed by atoms with Gasteiger partial charge in [0, 0.05) is 0 Å². The number of carboxylic acids is 1. The van der Waals surface area contributed by atoms with Gasteiger partial charge in [0.15, 0.2) is 0 Å². The van der Waals surface area contributed by atoms with E-state index in [9.17, 15) is 9.90 Å². The Hall–Kier alpha value is -1.51. The topological polar surface area (TPSA) is 46.5 Å². The van der Waals surface area contributed by atoms with E-state index in [4.69, 9.17) is 4.74 Å². The second kappa shape index (κ2) is 5.01. The van der Waals surface area contributed by atoms with Gasteiger partial charge in [-0.2, -0.15) is 0 Å². The van der Waals surface area contributed by atoms with Crippen LogP contribution in [0.4, 0.5) is 0 Å². The maximum absolute atomic E-state index is 11.2. The highest BCUT2D eigenvalue weighted by Gasteiger charge is 2.37. The van der Waals surface area contributed by atoms with Crippen molar-refractivity contribution in [3.05, 3.63) is 29.8 Å². The number of aryl methyl sites for hydroxylation is 1. The molecule has 1 aromatic carbocycles. The summed E-state index contributed by atoms with van der Waals surface area (Å²) in [6, 6.07) is 7.45. The summed E-state index contributed by atoms with van der Waals surface area (Å²) in [6.45, 7) is 5.61. The minimum absolute atomic E-state index is 0.451. The van der Waals surface area contributed by atoms with Gasteiger partial charge in [0.25, 0.3) is 0 Å². The van der Waals surface area contributed by atoms with Gasteiger partial charge in [0.1, 0.15) is 5.75 Å². The van der Waals surface area contributed by atoms with Crippen molar-refractivity contribution in [1.29, 1.82) is 0 Å². The number of carboxylic acid groups (broad SMARTS) is 1. The Labute approximate surface area is 96.1 Å². The molecule has 3 nitrogen and oxygen atoms in total. The second-order valence-electron chi connectivity index (χ2n) is 3.93. The first-order chi connectivity index (χ1) is 7.54. The van der Waals surface area contributed by atoms with E-state index in [1.165, 1.54) is 0 Å². The van der Waals surface area contributed by atoms with Crippen molar-refractivity contribution in [1.82, 2.24) is 0 Å². The fourth-order valence-electron chi connectivity index (χ4n) is 1.64. The molecule has 0 bridgehead atoms. The maximum atomic E-state index is 11.2. The van der Waals surface area contributed by atoms with E-state index in [-0.39, 0.29) is 0 Å². The average molecular weight is 222 g/mol. The van der Waals surface area contributed by atoms with E-state index in [0.29, 0.717) is 18.6 Å². The molecule has 0 fully saturated rings. The van der Waals surface area contributed by atoms with Crippen LogP contribution in [-0.2, 0) is 4.79 Å². The first-order valence-corrected chi connectivity index (χ1v) is 5.53. The van der Waals surface area contributed by atoms with E-state index in [1.807, 2.05) is 39.0 Å². The van der Waals surface area contributed by atoms with Gasteiger partial charge in [0.05, 0.1) is 0 Å². The van der Waals surface area contributed by atoms with Gasteiger partial charge in [-0.3, -0.25) is 0 Å². The minimum Gasteiger partial charge on any atom is -0.478 e. The van der Waals surface area contributed by atoms with Crippen molar-refractivity contribution in [2.24, 2.45) is 0 Å². The summed E-state index contributed by atoms with van der Waals surface area (Å²) >= 11 is 0. The smallest absolute Gasteiger partial charge is 0.348 e. The van der Waals surface area contributed by atoms with Crippen LogP contribution in [-0.4, -0.2) is 16.7 Å². The van der Waals surface area contributed by atoms with Gasteiger partial charge >= 0.3 is 5.97 Å². The molecule has 0 atom stereocenters. The summed E-state index contributed by atoms with van der Waals surface area (Å²) in [5.41, 5.74) is -0.0441. The lowest BCUT2D eigenvalue weighted by Gasteiger charge is -2.28. The third-order valence-electron chi connectivity index (χ3n) is 2.83. The van der Waals surface area contributed by atoms with Crippen molar-refractivity contribution in [2.45, 2.75) is 39.2 Å². The number of benzene rings is 1. The van der Waals surface area contributed by atoms with Crippen molar-refractivity contribution in [2.75, 3.05) is 0 Å². The third-order valence-corrected chi connectivity index (χ3v) is 2.83. The predicted molar refractivity (Wildman–Crippen MR) is 62.8 cm³/mol. The summed E-state index contributed by atoms with van der Waals surface area (Å²) in [6.07, 6.45) is 0.902. The first-order valence-electron chi connectivity index (χ1n) is 5.53. The van der Waals surface area contributed by atoms with Gasteiger partial charge in [-0.15, -0.1) is 0 Å². The molecule has 0 saturated carbocycles. The molecule has 1 aromatic rings. The molecule has 0 aliphatic rings. The molecule has 0 aliphatic carbocycles. The Bertz CT molecular complexity index is 367. The van der Waals surface area contributed by atoms with Crippen LogP contribution >= 0.6 is 0 Å². The second-order valence-corrected chi connectivity index (χ2v) is 3.93. The summed E-state index contributed by atoms with van der Waals surface area (Å²) in [4.78, 5) is 11.2. The molecule has 0 unspecified atom stereocenters. The van der Waals surface area contributed by atoms with Gasteiger partial charge < -0.3 is 9.84 Å². The predicted octanol–water partition coefficient (Wildman–Crippen LogP) is 3.02. The van der Waals surface area contributed by atoms with Crippen LogP contribution in [0.5, 0.6) is 5.75 Å². The van der Waals surface area contributed by atoms with Crippen molar-refractivity contribution < 1.29 is 14.6 Å². The highest BCUT2D eigenvalue weighted by Crippen LogP contribution is 2.25. The molecule has 0 aromatic heterocycles. The molecule has 0 spiro atoms. The zero-order chi connectivity index (χ0) is 12.2. The van der Waals surface area contributed by atoms with Crippen LogP contribution in [0.2, 0.25) is 0 Å². The molecule has 0 amide bonds. The Kier molecular flexibility index (Phi) is 3.93. The van der Waals surface area contributed by atoms with Crippen LogP contribution < -0.4 is 4.74 Å². The van der Waals surface area contributed by atoms with Crippen LogP contribution in [0.15, 0.2) is 24.3 Å². The van der Waals surface area contributed by atoms with E-state index < -0.39 is 11.6 Å². The molecule has 0 radical (unpaired) electrons. The molecule has 3 heteroatoms. The average Bonchev–Trinajstić information content (AvgIpc) is 2.25. The number of hydrogen-bond donors (Lipinski definition) is 1. The molecule has 0 saturated heterocycles. The molecular weight excluding hydrogens is 204 g/mol. The molecule has 16 heavy (non-hydrogen) atoms. The largest absolute Gasteiger partial charge is 0.478 e. The summed E-state index contributed by atoms with van der Waals surface area (Å²) in [7, 11) is 0. The Morgan fingerprint density at radius 2 is 2.00 bits per heavy atom. The number of carbonyl (C=O) groups is 1. The Morgan fingerprint density at radius 1 is 1.38 bits per heavy atom. The van der Waals surface area contributed by atoms with Gasteiger partial charge in [-0.25, -0.2) is 4.79 Å². The zero-order valence-corrected chi connectivity index (χ0v) is 9.99. The van der Waals surface area contributed by atoms with Gasteiger partial charge in [0.2, 0.25) is 5.60 Å². The van der Waals surface area contributed by atoms with Gasteiger partial charge in [-0.05, 0) is 37.5 Å². The summed E-state index contributed by atoms with van der Waals surface area (Å²) in [5.74, 6) is -0.287. The van der Waals surface area contributed by atoms with Crippen LogP contribution in [0.25, 0.3) is 0 Å². The van der Waals surface area contributed by atoms with E-state index in [0.717, 1.165) is 5.56 Å². The van der Waals surface area contributed by atoms with Crippen molar-refractivity contribution in [3.63, 3.8) is 0 Å².